The molecule has 1 amide bonds. The Labute approximate surface area is 163 Å². The lowest BCUT2D eigenvalue weighted by molar-refractivity contribution is -0.134. The summed E-state index contributed by atoms with van der Waals surface area (Å²) in [5.41, 5.74) is 0.537. The summed E-state index contributed by atoms with van der Waals surface area (Å²) in [4.78, 5) is 42.1. The lowest BCUT2D eigenvalue weighted by Gasteiger charge is -2.43. The largest absolute Gasteiger partial charge is 0.341 e. The van der Waals surface area contributed by atoms with Gasteiger partial charge in [-0.1, -0.05) is 30.3 Å². The Kier molecular flexibility index (Phi) is 4.93. The molecular weight excluding hydrogens is 356 g/mol. The van der Waals surface area contributed by atoms with Crippen LogP contribution < -0.4 is 11.2 Å². The van der Waals surface area contributed by atoms with Gasteiger partial charge in [-0.3, -0.25) is 24.0 Å². The fraction of sp³-hybridized carbons (Fsp3) is 0.476. The summed E-state index contributed by atoms with van der Waals surface area (Å²) in [5.74, 6) is 0.456. The van der Waals surface area contributed by atoms with Gasteiger partial charge in [0.05, 0.1) is 0 Å². The normalized spacial score (nSPS) is 21.9. The number of piperidine rings is 1. The van der Waals surface area contributed by atoms with E-state index in [1.54, 1.807) is 0 Å². The summed E-state index contributed by atoms with van der Waals surface area (Å²) in [7, 11) is 2.19. The van der Waals surface area contributed by atoms with Crippen molar-refractivity contribution in [2.45, 2.75) is 37.3 Å². The van der Waals surface area contributed by atoms with Crippen LogP contribution in [0.15, 0.2) is 52.2 Å². The van der Waals surface area contributed by atoms with Gasteiger partial charge >= 0.3 is 5.69 Å². The highest BCUT2D eigenvalue weighted by Gasteiger charge is 2.46. The predicted octanol–water partition coefficient (Wildman–Crippen LogP) is 1.02. The van der Waals surface area contributed by atoms with Crippen LogP contribution in [-0.2, 0) is 11.3 Å². The molecule has 1 aromatic heterocycles. The Morgan fingerprint density at radius 2 is 1.86 bits per heavy atom. The fourth-order valence-corrected chi connectivity index (χ4v) is 4.72. The second-order valence-electron chi connectivity index (χ2n) is 8.04. The maximum absolute atomic E-state index is 12.6. The number of likely N-dealkylation sites (N-methyl/N-ethyl adjacent to an activating group) is 1. The van der Waals surface area contributed by atoms with Gasteiger partial charge in [-0.15, -0.1) is 0 Å². The van der Waals surface area contributed by atoms with Crippen LogP contribution in [0.2, 0.25) is 0 Å². The molecular formula is C21H26N4O3. The zero-order chi connectivity index (χ0) is 19.7. The molecule has 4 rings (SSSR count). The molecule has 0 saturated carbocycles. The van der Waals surface area contributed by atoms with Crippen LogP contribution in [0.1, 0.15) is 30.7 Å². The number of benzene rings is 1. The minimum absolute atomic E-state index is 0.0366. The van der Waals surface area contributed by atoms with E-state index in [4.69, 9.17) is 0 Å². The summed E-state index contributed by atoms with van der Waals surface area (Å²) < 4.78 is 1.25. The maximum Gasteiger partial charge on any atom is 0.328 e. The molecule has 2 aliphatic heterocycles. The number of aromatic nitrogens is 2. The molecule has 1 atom stereocenters. The number of carbonyl (C=O) groups excluding carboxylic acids is 1. The quantitative estimate of drug-likeness (QED) is 0.860. The summed E-state index contributed by atoms with van der Waals surface area (Å²) in [6.07, 6.45) is 4.38. The summed E-state index contributed by atoms with van der Waals surface area (Å²) >= 11 is 0. The standard InChI is InChI=1S/C21H26N4O3/c1-23-14-17(16-5-3-2-4-6-16)13-21(23)8-11-24(12-9-21)19(27)15-25-10-7-18(26)22-20(25)28/h2-7,10,17H,8-9,11-15H2,1H3,(H,22,26,28)/t17-/m0/s1. The number of H-pyrrole nitrogens is 1. The molecule has 1 N–H and O–H groups in total. The lowest BCUT2D eigenvalue weighted by Crippen LogP contribution is -2.52. The molecule has 28 heavy (non-hydrogen) atoms. The van der Waals surface area contributed by atoms with E-state index in [2.05, 4.69) is 47.3 Å². The first-order valence-corrected chi connectivity index (χ1v) is 9.81. The minimum Gasteiger partial charge on any atom is -0.341 e. The van der Waals surface area contributed by atoms with E-state index in [0.29, 0.717) is 19.0 Å². The smallest absolute Gasteiger partial charge is 0.328 e. The molecule has 7 heteroatoms. The van der Waals surface area contributed by atoms with Crippen LogP contribution in [0.5, 0.6) is 0 Å². The van der Waals surface area contributed by atoms with Crippen LogP contribution in [0.25, 0.3) is 0 Å². The average Bonchev–Trinajstić information content (AvgIpc) is 3.01. The van der Waals surface area contributed by atoms with Crippen molar-refractivity contribution in [1.82, 2.24) is 19.4 Å². The molecule has 0 radical (unpaired) electrons. The molecule has 2 aliphatic rings. The topological polar surface area (TPSA) is 78.4 Å². The number of rotatable bonds is 3. The molecule has 0 aliphatic carbocycles. The van der Waals surface area contributed by atoms with E-state index in [9.17, 15) is 14.4 Å². The van der Waals surface area contributed by atoms with Crippen molar-refractivity contribution in [3.05, 3.63) is 69.0 Å². The van der Waals surface area contributed by atoms with Crippen molar-refractivity contribution in [3.8, 4) is 0 Å². The number of nitrogens with zero attached hydrogens (tertiary/aromatic N) is 3. The van der Waals surface area contributed by atoms with Crippen LogP contribution in [0, 0.1) is 0 Å². The van der Waals surface area contributed by atoms with Crippen molar-refractivity contribution in [3.63, 3.8) is 0 Å². The predicted molar refractivity (Wildman–Crippen MR) is 106 cm³/mol. The summed E-state index contributed by atoms with van der Waals surface area (Å²) in [5, 5.41) is 0. The molecule has 2 saturated heterocycles. The highest BCUT2D eigenvalue weighted by Crippen LogP contribution is 2.43. The van der Waals surface area contributed by atoms with E-state index >= 15 is 0 Å². The van der Waals surface area contributed by atoms with Crippen molar-refractivity contribution >= 4 is 5.91 Å². The zero-order valence-electron chi connectivity index (χ0n) is 16.1. The van der Waals surface area contributed by atoms with Crippen molar-refractivity contribution in [2.75, 3.05) is 26.7 Å². The Morgan fingerprint density at radius 3 is 2.54 bits per heavy atom. The number of likely N-dealkylation sites (tertiary alicyclic amines) is 2. The van der Waals surface area contributed by atoms with Gasteiger partial charge in [0, 0.05) is 37.4 Å². The Hall–Kier alpha value is -2.67. The van der Waals surface area contributed by atoms with Crippen molar-refractivity contribution in [2.24, 2.45) is 0 Å². The van der Waals surface area contributed by atoms with Gasteiger partial charge in [-0.2, -0.15) is 0 Å². The number of carbonyl (C=O) groups is 1. The molecule has 1 spiro atoms. The molecule has 0 bridgehead atoms. The van der Waals surface area contributed by atoms with Crippen LogP contribution in [0.3, 0.4) is 0 Å². The average molecular weight is 382 g/mol. The number of aromatic amines is 1. The van der Waals surface area contributed by atoms with Gasteiger partial charge in [0.25, 0.3) is 5.56 Å². The number of nitrogens with one attached hydrogen (secondary N) is 1. The van der Waals surface area contributed by atoms with Gasteiger partial charge in [0.15, 0.2) is 0 Å². The maximum atomic E-state index is 12.6. The van der Waals surface area contributed by atoms with Crippen LogP contribution in [-0.4, -0.2) is 57.5 Å². The zero-order valence-corrected chi connectivity index (χ0v) is 16.1. The third-order valence-electron chi connectivity index (χ3n) is 6.45. The highest BCUT2D eigenvalue weighted by molar-refractivity contribution is 5.76. The SMILES string of the molecule is CN1C[C@@H](c2ccccc2)CC12CCN(C(=O)Cn1ccc(=O)[nH]c1=O)CC2. The highest BCUT2D eigenvalue weighted by atomic mass is 16.2. The molecule has 148 valence electrons. The third kappa shape index (κ3) is 3.54. The summed E-state index contributed by atoms with van der Waals surface area (Å²) in [6.45, 7) is 2.40. The van der Waals surface area contributed by atoms with Gasteiger partial charge in [-0.05, 0) is 37.8 Å². The number of hydrogen-bond donors (Lipinski definition) is 1. The van der Waals surface area contributed by atoms with Crippen molar-refractivity contribution < 1.29 is 4.79 Å². The van der Waals surface area contributed by atoms with Crippen LogP contribution in [0.4, 0.5) is 0 Å². The van der Waals surface area contributed by atoms with Gasteiger partial charge in [-0.25, -0.2) is 4.79 Å². The Bertz CT molecular complexity index is 957. The Balaban J connectivity index is 1.39. The number of amides is 1. The van der Waals surface area contributed by atoms with E-state index in [-0.39, 0.29) is 18.0 Å². The lowest BCUT2D eigenvalue weighted by atomic mass is 9.81. The van der Waals surface area contributed by atoms with E-state index in [1.165, 1.54) is 22.4 Å². The van der Waals surface area contributed by atoms with Gasteiger partial charge in [0.1, 0.15) is 6.54 Å². The molecule has 2 aromatic rings. The first-order valence-electron chi connectivity index (χ1n) is 9.81. The molecule has 1 aromatic carbocycles. The molecule has 3 heterocycles. The monoisotopic (exact) mass is 382 g/mol. The van der Waals surface area contributed by atoms with Gasteiger partial charge < -0.3 is 4.90 Å². The van der Waals surface area contributed by atoms with Crippen molar-refractivity contribution in [1.29, 1.82) is 0 Å². The summed E-state index contributed by atoms with van der Waals surface area (Å²) in [6, 6.07) is 11.9. The first-order chi connectivity index (χ1) is 13.5. The second-order valence-corrected chi connectivity index (χ2v) is 8.04. The molecule has 0 unspecified atom stereocenters. The second kappa shape index (κ2) is 7.39. The first kappa shape index (κ1) is 18.7. The van der Waals surface area contributed by atoms with E-state index in [0.717, 1.165) is 25.8 Å². The van der Waals surface area contributed by atoms with Gasteiger partial charge in [0.2, 0.25) is 5.91 Å². The molecule has 7 nitrogen and oxygen atoms in total. The van der Waals surface area contributed by atoms with Crippen LogP contribution >= 0.6 is 0 Å². The van der Waals surface area contributed by atoms with E-state index < -0.39 is 11.2 Å². The number of hydrogen-bond acceptors (Lipinski definition) is 4. The third-order valence-corrected chi connectivity index (χ3v) is 6.45. The molecule has 2 fully saturated rings. The fourth-order valence-electron chi connectivity index (χ4n) is 4.72. The van der Waals surface area contributed by atoms with E-state index in [1.807, 2.05) is 4.90 Å². The minimum atomic E-state index is -0.546. The Morgan fingerprint density at radius 1 is 1.14 bits per heavy atom.